The van der Waals surface area contributed by atoms with Gasteiger partial charge in [-0.05, 0) is 96.5 Å². The van der Waals surface area contributed by atoms with Crippen molar-refractivity contribution in [2.24, 2.45) is 9.98 Å². The Labute approximate surface area is 293 Å². The molecule has 0 bridgehead atoms. The van der Waals surface area contributed by atoms with Gasteiger partial charge in [0.15, 0.2) is 0 Å². The van der Waals surface area contributed by atoms with Crippen LogP contribution < -0.4 is 24.8 Å². The second-order valence-electron chi connectivity index (χ2n) is 11.5. The minimum Gasteiger partial charge on any atom is -1.00 e. The van der Waals surface area contributed by atoms with Crippen molar-refractivity contribution >= 4 is 23.8 Å². The molecule has 0 saturated heterocycles. The number of rotatable bonds is 16. The molecule has 0 N–H and O–H groups in total. The van der Waals surface area contributed by atoms with Crippen LogP contribution in [0, 0.1) is 6.92 Å². The summed E-state index contributed by atoms with van der Waals surface area (Å²) in [5.41, 5.74) is 13.6. The molecule has 0 amide bonds. The molecule has 0 saturated carbocycles. The van der Waals surface area contributed by atoms with Crippen LogP contribution in [0.5, 0.6) is 0 Å². The second kappa shape index (κ2) is 22.6. The van der Waals surface area contributed by atoms with Gasteiger partial charge in [0.2, 0.25) is 0 Å². The summed E-state index contributed by atoms with van der Waals surface area (Å²) >= 11 is 0. The number of nitrogens with zero attached hydrogens (tertiary/aromatic N) is 3. The minimum atomic E-state index is 0. The van der Waals surface area contributed by atoms with E-state index in [0.717, 1.165) is 87.0 Å². The number of aliphatic imine (C=N–C) groups is 2. The van der Waals surface area contributed by atoms with E-state index in [0.29, 0.717) is 0 Å². The van der Waals surface area contributed by atoms with E-state index in [4.69, 9.17) is 15.0 Å². The number of halogens is 2. The first-order chi connectivity index (χ1) is 20.0. The van der Waals surface area contributed by atoms with E-state index in [9.17, 15) is 0 Å². The summed E-state index contributed by atoms with van der Waals surface area (Å²) in [6, 6.07) is 13.8. The number of hydrogen-bond acceptors (Lipinski definition) is 3. The zero-order valence-corrected chi connectivity index (χ0v) is 31.1. The third-order valence-electron chi connectivity index (χ3n) is 7.47. The Morgan fingerprint density at radius 3 is 1.07 bits per heavy atom. The number of hydrogen-bond donors (Lipinski definition) is 0. The van der Waals surface area contributed by atoms with Crippen LogP contribution in [0.2, 0.25) is 0 Å². The molecule has 0 aliphatic heterocycles. The van der Waals surface area contributed by atoms with Crippen LogP contribution in [0.15, 0.2) is 46.4 Å². The van der Waals surface area contributed by atoms with E-state index < -0.39 is 0 Å². The molecule has 0 aliphatic rings. The SMILES string of the molecule is CCCc1cc(CCC)c(N=Cc2cc(C)cc(C=Nc3c(CCC)cc(CCC)cc3CCC)n2)c(CCC)c1.[Cl-].[Cl-].[V+2]. The molecule has 0 atom stereocenters. The number of aryl methyl sites for hydroxylation is 7. The molecule has 3 nitrogen and oxygen atoms in total. The Kier molecular flexibility index (Phi) is 21.6. The Hall–Kier alpha value is -1.91. The molecule has 44 heavy (non-hydrogen) atoms. The average molecular weight is 674 g/mol. The molecular weight excluding hydrogens is 620 g/mol. The Bertz CT molecular complexity index is 1180. The van der Waals surface area contributed by atoms with Gasteiger partial charge >= 0.3 is 18.6 Å². The normalized spacial score (nSPS) is 11.0. The summed E-state index contributed by atoms with van der Waals surface area (Å²) in [6.45, 7) is 15.7. The molecular formula is C38H53Cl2N3V. The predicted molar refractivity (Wildman–Crippen MR) is 180 cm³/mol. The molecule has 0 fully saturated rings. The first-order valence-corrected chi connectivity index (χ1v) is 16.3. The van der Waals surface area contributed by atoms with Crippen LogP contribution in [0.25, 0.3) is 0 Å². The van der Waals surface area contributed by atoms with Crippen molar-refractivity contribution in [1.29, 1.82) is 0 Å². The maximum absolute atomic E-state index is 5.09. The molecule has 0 aliphatic carbocycles. The zero-order valence-electron chi connectivity index (χ0n) is 28.1. The fourth-order valence-corrected chi connectivity index (χ4v) is 5.82. The van der Waals surface area contributed by atoms with Gasteiger partial charge in [-0.2, -0.15) is 0 Å². The second-order valence-corrected chi connectivity index (χ2v) is 11.5. The van der Waals surface area contributed by atoms with Crippen LogP contribution in [-0.4, -0.2) is 17.4 Å². The summed E-state index contributed by atoms with van der Waals surface area (Å²) in [6.07, 6.45) is 17.2. The van der Waals surface area contributed by atoms with Crippen molar-refractivity contribution in [3.63, 3.8) is 0 Å². The average Bonchev–Trinajstić information content (AvgIpc) is 2.93. The molecule has 1 aromatic heterocycles. The van der Waals surface area contributed by atoms with Crippen LogP contribution in [0.1, 0.15) is 130 Å². The van der Waals surface area contributed by atoms with Crippen molar-refractivity contribution < 1.29 is 43.4 Å². The maximum atomic E-state index is 5.09. The van der Waals surface area contributed by atoms with Crippen LogP contribution in [-0.2, 0) is 57.1 Å². The number of pyridine rings is 1. The van der Waals surface area contributed by atoms with Gasteiger partial charge in [-0.15, -0.1) is 0 Å². The summed E-state index contributed by atoms with van der Waals surface area (Å²) in [4.78, 5) is 15.1. The minimum absolute atomic E-state index is 0. The molecule has 239 valence electrons. The molecule has 0 unspecified atom stereocenters. The Balaban J connectivity index is 0.00000616. The third-order valence-corrected chi connectivity index (χ3v) is 7.47. The summed E-state index contributed by atoms with van der Waals surface area (Å²) in [7, 11) is 0. The van der Waals surface area contributed by atoms with E-state index in [1.807, 2.05) is 12.4 Å². The predicted octanol–water partition coefficient (Wildman–Crippen LogP) is 4.61. The monoisotopic (exact) mass is 672 g/mol. The number of aromatic nitrogens is 1. The first-order valence-electron chi connectivity index (χ1n) is 16.3. The fourth-order valence-electron chi connectivity index (χ4n) is 5.82. The molecule has 3 aromatic rings. The standard InChI is InChI=1S/C38H53N3.2ClH.V/c1-8-14-29-22-31(16-10-3)37(32(23-29)17-11-4)39-26-35-20-28(7)21-36(41-35)27-40-38-33(18-12-5)24-30(15-9-2)25-34(38)19-13-6;;;/h20-27H,8-19H2,1-7H3;2*1H;/q;;;+2/p-2. The van der Waals surface area contributed by atoms with E-state index >= 15 is 0 Å². The van der Waals surface area contributed by atoms with E-state index in [2.05, 4.69) is 84.9 Å². The maximum Gasteiger partial charge on any atom is 2.00 e. The Morgan fingerprint density at radius 1 is 0.500 bits per heavy atom. The van der Waals surface area contributed by atoms with Crippen molar-refractivity contribution in [3.05, 3.63) is 86.7 Å². The van der Waals surface area contributed by atoms with Crippen LogP contribution in [0.4, 0.5) is 11.4 Å². The first kappa shape index (κ1) is 42.1. The van der Waals surface area contributed by atoms with Crippen molar-refractivity contribution in [1.82, 2.24) is 4.98 Å². The van der Waals surface area contributed by atoms with Gasteiger partial charge in [-0.25, -0.2) is 4.98 Å². The van der Waals surface area contributed by atoms with E-state index in [1.54, 1.807) is 0 Å². The molecule has 1 heterocycles. The summed E-state index contributed by atoms with van der Waals surface area (Å²) in [5, 5.41) is 0. The van der Waals surface area contributed by atoms with Gasteiger partial charge < -0.3 is 24.8 Å². The fraction of sp³-hybridized carbons (Fsp3) is 0.500. The van der Waals surface area contributed by atoms with Gasteiger partial charge in [-0.3, -0.25) is 9.98 Å². The number of benzene rings is 2. The van der Waals surface area contributed by atoms with E-state index in [-0.39, 0.29) is 43.4 Å². The van der Waals surface area contributed by atoms with Gasteiger partial charge in [0.1, 0.15) is 0 Å². The van der Waals surface area contributed by atoms with Crippen molar-refractivity contribution in [2.75, 3.05) is 0 Å². The summed E-state index contributed by atoms with van der Waals surface area (Å²) < 4.78 is 0. The topological polar surface area (TPSA) is 37.6 Å². The Morgan fingerprint density at radius 2 is 0.795 bits per heavy atom. The largest absolute Gasteiger partial charge is 2.00 e. The molecule has 3 rings (SSSR count). The molecule has 0 spiro atoms. The molecule has 2 aromatic carbocycles. The molecule has 1 radical (unpaired) electrons. The van der Waals surface area contributed by atoms with Crippen molar-refractivity contribution in [2.45, 2.75) is 126 Å². The van der Waals surface area contributed by atoms with Crippen LogP contribution in [0.3, 0.4) is 0 Å². The van der Waals surface area contributed by atoms with Gasteiger partial charge in [0.05, 0.1) is 35.2 Å². The van der Waals surface area contributed by atoms with Gasteiger partial charge in [0.25, 0.3) is 0 Å². The quantitative estimate of drug-likeness (QED) is 0.205. The van der Waals surface area contributed by atoms with Crippen molar-refractivity contribution in [3.8, 4) is 0 Å². The van der Waals surface area contributed by atoms with Crippen LogP contribution >= 0.6 is 0 Å². The summed E-state index contributed by atoms with van der Waals surface area (Å²) in [5.74, 6) is 0. The van der Waals surface area contributed by atoms with Gasteiger partial charge in [-0.1, -0.05) is 104 Å². The molecule has 6 heteroatoms. The zero-order chi connectivity index (χ0) is 29.6. The van der Waals surface area contributed by atoms with Gasteiger partial charge in [0, 0.05) is 0 Å². The third kappa shape index (κ3) is 12.5. The smallest absolute Gasteiger partial charge is 1.00 e. The van der Waals surface area contributed by atoms with E-state index in [1.165, 1.54) is 51.8 Å².